The van der Waals surface area contributed by atoms with E-state index < -0.39 is 11.6 Å². The molecule has 2 fully saturated rings. The highest BCUT2D eigenvalue weighted by molar-refractivity contribution is 5.78. The van der Waals surface area contributed by atoms with Crippen molar-refractivity contribution in [2.24, 2.45) is 5.41 Å². The summed E-state index contributed by atoms with van der Waals surface area (Å²) < 4.78 is 31.2. The molecule has 0 bridgehead atoms. The van der Waals surface area contributed by atoms with Crippen LogP contribution in [0.2, 0.25) is 0 Å². The van der Waals surface area contributed by atoms with Gasteiger partial charge in [0.2, 0.25) is 5.91 Å². The van der Waals surface area contributed by atoms with Crippen LogP contribution in [0.25, 0.3) is 0 Å². The third-order valence-electron chi connectivity index (χ3n) is 5.46. The van der Waals surface area contributed by atoms with Gasteiger partial charge in [-0.1, -0.05) is 6.42 Å². The van der Waals surface area contributed by atoms with Crippen molar-refractivity contribution in [1.82, 2.24) is 10.2 Å². The van der Waals surface area contributed by atoms with Crippen molar-refractivity contribution in [3.8, 4) is 5.75 Å². The van der Waals surface area contributed by atoms with Crippen LogP contribution in [0.4, 0.5) is 8.78 Å². The zero-order chi connectivity index (χ0) is 18.0. The summed E-state index contributed by atoms with van der Waals surface area (Å²) in [6.45, 7) is 0.232. The number of carbonyl (C=O) groups is 2. The first-order valence-electron chi connectivity index (χ1n) is 8.51. The van der Waals surface area contributed by atoms with Crippen molar-refractivity contribution >= 4 is 11.8 Å². The zero-order valence-corrected chi connectivity index (χ0v) is 14.2. The van der Waals surface area contributed by atoms with Crippen LogP contribution in [0, 0.1) is 17.0 Å². The Balaban J connectivity index is 1.53. The maximum Gasteiger partial charge on any atom is 0.257 e. The Kier molecular flexibility index (Phi) is 4.92. The van der Waals surface area contributed by atoms with Crippen LogP contribution in [0.1, 0.15) is 32.1 Å². The van der Waals surface area contributed by atoms with Crippen molar-refractivity contribution in [3.63, 3.8) is 0 Å². The molecule has 1 aliphatic carbocycles. The molecule has 1 aromatic rings. The Morgan fingerprint density at radius 2 is 2.16 bits per heavy atom. The van der Waals surface area contributed by atoms with E-state index in [-0.39, 0.29) is 35.6 Å². The predicted molar refractivity (Wildman–Crippen MR) is 86.9 cm³/mol. The minimum absolute atomic E-state index is 0.0691. The summed E-state index contributed by atoms with van der Waals surface area (Å²) >= 11 is 0. The predicted octanol–water partition coefficient (Wildman–Crippen LogP) is 2.25. The van der Waals surface area contributed by atoms with Crippen molar-refractivity contribution in [3.05, 3.63) is 29.8 Å². The zero-order valence-electron chi connectivity index (χ0n) is 14.2. The Morgan fingerprint density at radius 3 is 2.92 bits per heavy atom. The number of likely N-dealkylation sites (tertiary alicyclic amines) is 1. The number of nitrogens with one attached hydrogen (secondary N) is 1. The van der Waals surface area contributed by atoms with Gasteiger partial charge in [-0.05, 0) is 31.4 Å². The molecule has 1 saturated carbocycles. The second kappa shape index (κ2) is 6.98. The molecule has 0 unspecified atom stereocenters. The molecule has 1 aliphatic heterocycles. The van der Waals surface area contributed by atoms with Crippen LogP contribution >= 0.6 is 0 Å². The number of benzene rings is 1. The fourth-order valence-corrected chi connectivity index (χ4v) is 4.06. The van der Waals surface area contributed by atoms with Gasteiger partial charge in [-0.25, -0.2) is 8.78 Å². The van der Waals surface area contributed by atoms with E-state index in [1.807, 2.05) is 11.9 Å². The van der Waals surface area contributed by atoms with Gasteiger partial charge in [0.1, 0.15) is 5.75 Å². The summed E-state index contributed by atoms with van der Waals surface area (Å²) in [5.41, 5.74) is -0.0691. The average Bonchev–Trinajstić information content (AvgIpc) is 3.03. The molecule has 1 N–H and O–H groups in total. The lowest BCUT2D eigenvalue weighted by Crippen LogP contribution is -2.54. The lowest BCUT2D eigenvalue weighted by Gasteiger charge is -2.44. The first kappa shape index (κ1) is 17.6. The molecule has 5 nitrogen and oxygen atoms in total. The van der Waals surface area contributed by atoms with Gasteiger partial charge >= 0.3 is 0 Å². The van der Waals surface area contributed by atoms with E-state index in [1.165, 1.54) is 6.07 Å². The summed E-state index contributed by atoms with van der Waals surface area (Å²) in [4.78, 5) is 25.8. The van der Waals surface area contributed by atoms with E-state index in [4.69, 9.17) is 4.74 Å². The highest BCUT2D eigenvalue weighted by Crippen LogP contribution is 2.47. The molecule has 1 aromatic carbocycles. The minimum atomic E-state index is -1.01. The van der Waals surface area contributed by atoms with Crippen LogP contribution in [0.3, 0.4) is 0 Å². The molecule has 1 heterocycles. The van der Waals surface area contributed by atoms with Crippen LogP contribution in [-0.2, 0) is 9.59 Å². The number of nitrogens with zero attached hydrogens (tertiary/aromatic N) is 1. The van der Waals surface area contributed by atoms with Crippen molar-refractivity contribution in [2.75, 3.05) is 20.2 Å². The van der Waals surface area contributed by atoms with Gasteiger partial charge in [0, 0.05) is 37.5 Å². The molecule has 2 atom stereocenters. The summed E-state index contributed by atoms with van der Waals surface area (Å²) in [5, 5.41) is 2.88. The van der Waals surface area contributed by atoms with Gasteiger partial charge in [0.25, 0.3) is 5.91 Å². The number of piperidine rings is 1. The molecule has 2 aliphatic rings. The molecule has 3 rings (SSSR count). The number of rotatable bonds is 5. The van der Waals surface area contributed by atoms with Gasteiger partial charge < -0.3 is 15.0 Å². The number of ether oxygens (including phenoxy) is 1. The summed E-state index contributed by atoms with van der Waals surface area (Å²) in [7, 11) is 1.83. The third-order valence-corrected chi connectivity index (χ3v) is 5.46. The molecule has 0 radical (unpaired) electrons. The summed E-state index contributed by atoms with van der Waals surface area (Å²) in [5.74, 6) is -2.02. The molecule has 136 valence electrons. The van der Waals surface area contributed by atoms with Crippen LogP contribution in [0.5, 0.6) is 5.75 Å². The fraction of sp³-hybridized carbons (Fsp3) is 0.556. The molecule has 2 amide bonds. The van der Waals surface area contributed by atoms with Crippen molar-refractivity contribution < 1.29 is 23.1 Å². The van der Waals surface area contributed by atoms with E-state index >= 15 is 0 Å². The third kappa shape index (κ3) is 3.60. The van der Waals surface area contributed by atoms with E-state index in [2.05, 4.69) is 5.32 Å². The van der Waals surface area contributed by atoms with Gasteiger partial charge in [0.05, 0.1) is 0 Å². The molecular formula is C18H22F2N2O3. The second-order valence-corrected chi connectivity index (χ2v) is 6.92. The molecule has 0 aromatic heterocycles. The van der Waals surface area contributed by atoms with Crippen LogP contribution in [0.15, 0.2) is 18.2 Å². The Labute approximate surface area is 145 Å². The monoisotopic (exact) mass is 352 g/mol. The lowest BCUT2D eigenvalue weighted by atomic mass is 9.74. The molecule has 1 saturated heterocycles. The number of fused-ring (bicyclic) bond motifs is 1. The number of carbonyl (C=O) groups excluding carboxylic acids is 2. The quantitative estimate of drug-likeness (QED) is 0.884. The first-order chi connectivity index (χ1) is 11.9. The van der Waals surface area contributed by atoms with E-state index in [0.717, 1.165) is 37.8 Å². The molecule has 25 heavy (non-hydrogen) atoms. The average molecular weight is 352 g/mol. The van der Waals surface area contributed by atoms with Gasteiger partial charge in [0.15, 0.2) is 18.2 Å². The smallest absolute Gasteiger partial charge is 0.257 e. The molecule has 0 spiro atoms. The number of hydrogen-bond donors (Lipinski definition) is 1. The van der Waals surface area contributed by atoms with E-state index in [1.54, 1.807) is 0 Å². The normalized spacial score (nSPS) is 25.6. The largest absolute Gasteiger partial charge is 0.484 e. The maximum atomic E-state index is 13.1. The topological polar surface area (TPSA) is 58.6 Å². The van der Waals surface area contributed by atoms with Crippen molar-refractivity contribution in [1.29, 1.82) is 0 Å². The van der Waals surface area contributed by atoms with Crippen LogP contribution in [-0.4, -0.2) is 43.0 Å². The SMILES string of the molecule is CN1C(=O)CC[C@]2(CNC(=O)COc3ccc(F)c(F)c3)CCC[C@@H]12. The first-order valence-corrected chi connectivity index (χ1v) is 8.51. The maximum absolute atomic E-state index is 13.1. The van der Waals surface area contributed by atoms with Crippen LogP contribution < -0.4 is 10.1 Å². The highest BCUT2D eigenvalue weighted by Gasteiger charge is 2.49. The molecular weight excluding hydrogens is 330 g/mol. The lowest BCUT2D eigenvalue weighted by molar-refractivity contribution is -0.139. The van der Waals surface area contributed by atoms with Gasteiger partial charge in [-0.2, -0.15) is 0 Å². The highest BCUT2D eigenvalue weighted by atomic mass is 19.2. The van der Waals surface area contributed by atoms with Gasteiger partial charge in [-0.15, -0.1) is 0 Å². The van der Waals surface area contributed by atoms with E-state index in [9.17, 15) is 18.4 Å². The van der Waals surface area contributed by atoms with Gasteiger partial charge in [-0.3, -0.25) is 9.59 Å². The summed E-state index contributed by atoms with van der Waals surface area (Å²) in [6, 6.07) is 3.32. The van der Waals surface area contributed by atoms with Crippen molar-refractivity contribution in [2.45, 2.75) is 38.1 Å². The number of halogens is 2. The standard InChI is InChI=1S/C18H22F2N2O3/c1-22-15-3-2-7-18(15,8-6-17(22)24)11-21-16(23)10-25-12-4-5-13(19)14(20)9-12/h4-5,9,15H,2-3,6-8,10-11H2,1H3,(H,21,23)/t15-,18+/m1/s1. The fourth-order valence-electron chi connectivity index (χ4n) is 4.06. The Bertz CT molecular complexity index is 682. The Morgan fingerprint density at radius 1 is 1.36 bits per heavy atom. The summed E-state index contributed by atoms with van der Waals surface area (Å²) in [6.07, 6.45) is 4.28. The minimum Gasteiger partial charge on any atom is -0.484 e. The number of amides is 2. The Hall–Kier alpha value is -2.18. The molecule has 7 heteroatoms. The second-order valence-electron chi connectivity index (χ2n) is 6.92. The number of hydrogen-bond acceptors (Lipinski definition) is 3. The van der Waals surface area contributed by atoms with E-state index in [0.29, 0.717) is 13.0 Å².